The van der Waals surface area contributed by atoms with Crippen molar-refractivity contribution >= 4 is 12.0 Å². The zero-order valence-corrected chi connectivity index (χ0v) is 9.43. The van der Waals surface area contributed by atoms with Crippen molar-refractivity contribution < 1.29 is 14.7 Å². The number of nitrogens with zero attached hydrogens (tertiary/aromatic N) is 2. The van der Waals surface area contributed by atoms with Gasteiger partial charge < -0.3 is 14.9 Å². The van der Waals surface area contributed by atoms with Gasteiger partial charge in [-0.3, -0.25) is 4.79 Å². The van der Waals surface area contributed by atoms with E-state index in [9.17, 15) is 9.59 Å². The first-order valence-electron chi connectivity index (χ1n) is 5.14. The van der Waals surface area contributed by atoms with E-state index >= 15 is 0 Å². The molecule has 5 heteroatoms. The summed E-state index contributed by atoms with van der Waals surface area (Å²) in [5, 5.41) is 8.91. The zero-order valence-electron chi connectivity index (χ0n) is 9.43. The lowest BCUT2D eigenvalue weighted by atomic mass is 9.94. The van der Waals surface area contributed by atoms with Crippen molar-refractivity contribution in [3.05, 3.63) is 0 Å². The van der Waals surface area contributed by atoms with Gasteiger partial charge in [0.2, 0.25) is 0 Å². The van der Waals surface area contributed by atoms with E-state index < -0.39 is 11.9 Å². The van der Waals surface area contributed by atoms with Crippen molar-refractivity contribution in [1.82, 2.24) is 9.80 Å². The maximum Gasteiger partial charge on any atom is 0.319 e. The molecule has 86 valence electrons. The Morgan fingerprint density at radius 2 is 1.93 bits per heavy atom. The number of likely N-dealkylation sites (tertiary alicyclic amines) is 1. The van der Waals surface area contributed by atoms with Gasteiger partial charge in [-0.05, 0) is 19.8 Å². The Morgan fingerprint density at radius 3 is 2.40 bits per heavy atom. The molecule has 5 nitrogen and oxygen atoms in total. The van der Waals surface area contributed by atoms with Crippen LogP contribution in [0, 0.1) is 5.92 Å². The maximum absolute atomic E-state index is 11.7. The van der Waals surface area contributed by atoms with Crippen LogP contribution in [0.25, 0.3) is 0 Å². The smallest absolute Gasteiger partial charge is 0.319 e. The van der Waals surface area contributed by atoms with Crippen molar-refractivity contribution in [1.29, 1.82) is 0 Å². The van der Waals surface area contributed by atoms with Crippen LogP contribution in [0.15, 0.2) is 0 Å². The monoisotopic (exact) mass is 214 g/mol. The normalized spacial score (nSPS) is 26.2. The minimum atomic E-state index is -0.807. The van der Waals surface area contributed by atoms with Crippen molar-refractivity contribution in [2.75, 3.05) is 20.6 Å². The molecule has 0 aromatic heterocycles. The minimum absolute atomic E-state index is 0.103. The Bertz CT molecular complexity index is 265. The highest BCUT2D eigenvalue weighted by atomic mass is 16.4. The van der Waals surface area contributed by atoms with Crippen LogP contribution in [0.2, 0.25) is 0 Å². The molecule has 15 heavy (non-hydrogen) atoms. The van der Waals surface area contributed by atoms with E-state index in [0.29, 0.717) is 13.0 Å². The van der Waals surface area contributed by atoms with Crippen LogP contribution in [0.3, 0.4) is 0 Å². The molecule has 0 saturated carbocycles. The fourth-order valence-electron chi connectivity index (χ4n) is 1.83. The molecule has 2 amide bonds. The fourth-order valence-corrected chi connectivity index (χ4v) is 1.83. The molecular weight excluding hydrogens is 196 g/mol. The predicted octanol–water partition coefficient (Wildman–Crippen LogP) is 0.853. The van der Waals surface area contributed by atoms with Crippen molar-refractivity contribution in [2.24, 2.45) is 5.92 Å². The number of amides is 2. The summed E-state index contributed by atoms with van der Waals surface area (Å²) in [6.45, 7) is 2.28. The summed E-state index contributed by atoms with van der Waals surface area (Å²) < 4.78 is 0. The van der Waals surface area contributed by atoms with Gasteiger partial charge in [0.1, 0.15) is 0 Å². The van der Waals surface area contributed by atoms with Crippen LogP contribution in [-0.2, 0) is 4.79 Å². The second-order valence-electron chi connectivity index (χ2n) is 4.29. The standard InChI is InChI=1S/C10H18N2O3/c1-7-4-5-8(9(13)14)6-12(7)10(15)11(2)3/h7-8H,4-6H2,1-3H3,(H,13,14). The van der Waals surface area contributed by atoms with Crippen LogP contribution >= 0.6 is 0 Å². The topological polar surface area (TPSA) is 60.9 Å². The second kappa shape index (κ2) is 4.51. The highest BCUT2D eigenvalue weighted by Gasteiger charge is 2.32. The Morgan fingerprint density at radius 1 is 1.33 bits per heavy atom. The third-order valence-corrected chi connectivity index (χ3v) is 2.86. The lowest BCUT2D eigenvalue weighted by Gasteiger charge is -2.37. The molecule has 2 atom stereocenters. The van der Waals surface area contributed by atoms with Gasteiger partial charge in [-0.1, -0.05) is 0 Å². The first-order chi connectivity index (χ1) is 6.93. The summed E-state index contributed by atoms with van der Waals surface area (Å²) in [6.07, 6.45) is 1.42. The Labute approximate surface area is 89.7 Å². The lowest BCUT2D eigenvalue weighted by Crippen LogP contribution is -2.50. The van der Waals surface area contributed by atoms with Crippen LogP contribution in [0.4, 0.5) is 4.79 Å². The summed E-state index contributed by atoms with van der Waals surface area (Å²) in [6, 6.07) is 0.0314. The van der Waals surface area contributed by atoms with Crippen molar-refractivity contribution in [3.8, 4) is 0 Å². The van der Waals surface area contributed by atoms with Crippen LogP contribution in [0.5, 0.6) is 0 Å². The number of carbonyl (C=O) groups is 2. The highest BCUT2D eigenvalue weighted by molar-refractivity contribution is 5.76. The minimum Gasteiger partial charge on any atom is -0.481 e. The summed E-state index contributed by atoms with van der Waals surface area (Å²) in [7, 11) is 3.36. The number of carbonyl (C=O) groups excluding carboxylic acids is 1. The van der Waals surface area contributed by atoms with Gasteiger partial charge >= 0.3 is 12.0 Å². The molecule has 0 aliphatic carbocycles. The fraction of sp³-hybridized carbons (Fsp3) is 0.800. The van der Waals surface area contributed by atoms with E-state index in [0.717, 1.165) is 6.42 Å². The number of hydrogen-bond donors (Lipinski definition) is 1. The summed E-state index contributed by atoms with van der Waals surface area (Å²) in [5.41, 5.74) is 0. The van der Waals surface area contributed by atoms with Crippen LogP contribution in [0.1, 0.15) is 19.8 Å². The molecule has 1 heterocycles. The average molecular weight is 214 g/mol. The Balaban J connectivity index is 2.69. The first-order valence-corrected chi connectivity index (χ1v) is 5.14. The number of rotatable bonds is 1. The van der Waals surface area contributed by atoms with Crippen molar-refractivity contribution in [3.63, 3.8) is 0 Å². The highest BCUT2D eigenvalue weighted by Crippen LogP contribution is 2.22. The molecular formula is C10H18N2O3. The Kier molecular flexibility index (Phi) is 3.55. The molecule has 1 saturated heterocycles. The Hall–Kier alpha value is -1.26. The molecule has 0 spiro atoms. The molecule has 0 bridgehead atoms. The van der Waals surface area contributed by atoms with Gasteiger partial charge in [-0.15, -0.1) is 0 Å². The quantitative estimate of drug-likeness (QED) is 0.704. The van der Waals surface area contributed by atoms with Gasteiger partial charge in [-0.25, -0.2) is 4.79 Å². The SMILES string of the molecule is CC1CCC(C(=O)O)CN1C(=O)N(C)C. The van der Waals surface area contributed by atoms with E-state index in [-0.39, 0.29) is 12.1 Å². The molecule has 1 N–H and O–H groups in total. The van der Waals surface area contributed by atoms with Gasteiger partial charge in [0.25, 0.3) is 0 Å². The summed E-state index contributed by atoms with van der Waals surface area (Å²) in [5.74, 6) is -1.22. The van der Waals surface area contributed by atoms with Crippen LogP contribution < -0.4 is 0 Å². The van der Waals surface area contributed by atoms with E-state index in [1.54, 1.807) is 19.0 Å². The molecule has 1 fully saturated rings. The molecule has 0 radical (unpaired) electrons. The average Bonchev–Trinajstić information content (AvgIpc) is 2.16. The number of carboxylic acids is 1. The molecule has 2 unspecified atom stereocenters. The number of hydrogen-bond acceptors (Lipinski definition) is 2. The zero-order chi connectivity index (χ0) is 11.6. The van der Waals surface area contributed by atoms with Gasteiger partial charge in [0, 0.05) is 26.7 Å². The van der Waals surface area contributed by atoms with Crippen LogP contribution in [-0.4, -0.2) is 53.6 Å². The van der Waals surface area contributed by atoms with Gasteiger partial charge in [0.05, 0.1) is 5.92 Å². The first kappa shape index (κ1) is 11.8. The molecule has 1 aliphatic rings. The molecule has 1 rings (SSSR count). The third-order valence-electron chi connectivity index (χ3n) is 2.86. The van der Waals surface area contributed by atoms with Gasteiger partial charge in [0.15, 0.2) is 0 Å². The summed E-state index contributed by atoms with van der Waals surface area (Å²) in [4.78, 5) is 25.7. The molecule has 0 aromatic carbocycles. The second-order valence-corrected chi connectivity index (χ2v) is 4.29. The van der Waals surface area contributed by atoms with E-state index in [4.69, 9.17) is 5.11 Å². The number of aliphatic carboxylic acids is 1. The summed E-state index contributed by atoms with van der Waals surface area (Å²) >= 11 is 0. The largest absolute Gasteiger partial charge is 0.481 e. The number of piperidine rings is 1. The van der Waals surface area contributed by atoms with E-state index in [1.807, 2.05) is 6.92 Å². The number of carboxylic acid groups (broad SMARTS) is 1. The maximum atomic E-state index is 11.7. The predicted molar refractivity (Wildman–Crippen MR) is 55.6 cm³/mol. The molecule has 0 aromatic rings. The van der Waals surface area contributed by atoms with E-state index in [1.165, 1.54) is 4.90 Å². The van der Waals surface area contributed by atoms with E-state index in [2.05, 4.69) is 0 Å². The lowest BCUT2D eigenvalue weighted by molar-refractivity contribution is -0.143. The van der Waals surface area contributed by atoms with Crippen molar-refractivity contribution in [2.45, 2.75) is 25.8 Å². The van der Waals surface area contributed by atoms with Gasteiger partial charge in [-0.2, -0.15) is 0 Å². The number of urea groups is 1. The molecule has 1 aliphatic heterocycles. The third kappa shape index (κ3) is 2.61.